The molecule has 168 valence electrons. The molecule has 1 amide bonds. The molecule has 1 aromatic carbocycles. The van der Waals surface area contributed by atoms with Crippen LogP contribution in [-0.2, 0) is 0 Å². The van der Waals surface area contributed by atoms with Crippen LogP contribution in [0.1, 0.15) is 54.8 Å². The van der Waals surface area contributed by atoms with Crippen LogP contribution in [0.4, 0.5) is 14.7 Å². The van der Waals surface area contributed by atoms with Crippen molar-refractivity contribution >= 4 is 28.4 Å². The number of oxazole rings is 1. The van der Waals surface area contributed by atoms with Crippen LogP contribution in [0.5, 0.6) is 0 Å². The van der Waals surface area contributed by atoms with Gasteiger partial charge in [0.15, 0.2) is 28.9 Å². The average molecular weight is 443 g/mol. The monoisotopic (exact) mass is 443 g/mol. The molecule has 4 rings (SSSR count). The lowest BCUT2D eigenvalue weighted by Gasteiger charge is -2.24. The Morgan fingerprint density at radius 1 is 1.22 bits per heavy atom. The van der Waals surface area contributed by atoms with E-state index >= 15 is 0 Å². The zero-order valence-corrected chi connectivity index (χ0v) is 18.1. The van der Waals surface area contributed by atoms with Gasteiger partial charge in [-0.15, -0.1) is 5.10 Å². The zero-order valence-electron chi connectivity index (χ0n) is 18.1. The van der Waals surface area contributed by atoms with E-state index in [0.717, 1.165) is 12.1 Å². The molecule has 9 nitrogen and oxygen atoms in total. The zero-order chi connectivity index (χ0) is 23.2. The quantitative estimate of drug-likeness (QED) is 0.485. The molecule has 0 spiro atoms. The van der Waals surface area contributed by atoms with E-state index in [1.165, 1.54) is 10.8 Å². The lowest BCUT2D eigenvalue weighted by molar-refractivity contribution is 0.0728. The topological polar surface area (TPSA) is 115 Å². The molecule has 0 saturated carbocycles. The van der Waals surface area contributed by atoms with Crippen molar-refractivity contribution < 1.29 is 18.0 Å². The molecule has 4 aromatic rings. The number of anilines is 1. The number of hydrogen-bond acceptors (Lipinski definition) is 7. The summed E-state index contributed by atoms with van der Waals surface area (Å²) in [4.78, 5) is 26.7. The number of nitrogen functional groups attached to an aromatic ring is 1. The van der Waals surface area contributed by atoms with Gasteiger partial charge in [0.1, 0.15) is 17.6 Å². The first-order chi connectivity index (χ1) is 15.2. The Hall–Kier alpha value is -3.63. The summed E-state index contributed by atoms with van der Waals surface area (Å²) in [7, 11) is 1.71. The molecule has 0 radical (unpaired) electrons. The van der Waals surface area contributed by atoms with Crippen molar-refractivity contribution in [3.05, 3.63) is 47.4 Å². The Labute approximate surface area is 182 Å². The second-order valence-corrected chi connectivity index (χ2v) is 7.95. The minimum Gasteiger partial charge on any atom is -0.448 e. The molecule has 0 aliphatic rings. The number of nitrogens with zero attached hydrogens (tertiary/aromatic N) is 6. The summed E-state index contributed by atoms with van der Waals surface area (Å²) < 4.78 is 34.3. The van der Waals surface area contributed by atoms with Gasteiger partial charge in [-0.3, -0.25) is 4.79 Å². The highest BCUT2D eigenvalue weighted by atomic mass is 19.1. The summed E-state index contributed by atoms with van der Waals surface area (Å²) in [5, 5.41) is 4.60. The third-order valence-electron chi connectivity index (χ3n) is 5.61. The van der Waals surface area contributed by atoms with Crippen molar-refractivity contribution in [3.63, 3.8) is 0 Å². The first-order valence-corrected chi connectivity index (χ1v) is 10.2. The predicted octanol–water partition coefficient (Wildman–Crippen LogP) is 3.48. The maximum Gasteiger partial charge on any atom is 0.275 e. The van der Waals surface area contributed by atoms with Gasteiger partial charge in [-0.2, -0.15) is 4.52 Å². The van der Waals surface area contributed by atoms with Crippen molar-refractivity contribution in [2.24, 2.45) is 0 Å². The predicted molar refractivity (Wildman–Crippen MR) is 113 cm³/mol. The highest BCUT2D eigenvalue weighted by Gasteiger charge is 2.23. The molecule has 2 N–H and O–H groups in total. The number of carbonyl (C=O) groups is 1. The first-order valence-electron chi connectivity index (χ1n) is 10.2. The number of nitrogens with two attached hydrogens (primary N) is 1. The molecule has 0 aliphatic carbocycles. The molecule has 0 saturated heterocycles. The second-order valence-electron chi connectivity index (χ2n) is 7.95. The highest BCUT2D eigenvalue weighted by molar-refractivity contribution is 5.93. The second kappa shape index (κ2) is 8.13. The highest BCUT2D eigenvalue weighted by Crippen LogP contribution is 2.26. The molecule has 0 bridgehead atoms. The Kier molecular flexibility index (Phi) is 5.49. The van der Waals surface area contributed by atoms with Crippen LogP contribution in [0, 0.1) is 18.6 Å². The smallest absolute Gasteiger partial charge is 0.275 e. The molecular formula is C21H23F2N7O2. The number of halogens is 2. The van der Waals surface area contributed by atoms with Crippen molar-refractivity contribution in [3.8, 4) is 0 Å². The lowest BCUT2D eigenvalue weighted by atomic mass is 10.0. The van der Waals surface area contributed by atoms with E-state index < -0.39 is 11.6 Å². The average Bonchev–Trinajstić information content (AvgIpc) is 3.39. The fourth-order valence-corrected chi connectivity index (χ4v) is 3.54. The minimum absolute atomic E-state index is 0.0365. The Morgan fingerprint density at radius 2 is 1.97 bits per heavy atom. The van der Waals surface area contributed by atoms with Crippen LogP contribution in [0.25, 0.3) is 16.6 Å². The number of aryl methyl sites for hydroxylation is 1. The largest absolute Gasteiger partial charge is 0.448 e. The number of benzene rings is 1. The number of carbonyl (C=O) groups excluding carboxylic acids is 1. The third kappa shape index (κ3) is 3.85. The van der Waals surface area contributed by atoms with Crippen molar-refractivity contribution in [2.75, 3.05) is 12.8 Å². The Bertz CT molecular complexity index is 1320. The maximum atomic E-state index is 14.1. The number of hydrogen-bond donors (Lipinski definition) is 1. The van der Waals surface area contributed by atoms with Gasteiger partial charge in [-0.25, -0.2) is 23.7 Å². The van der Waals surface area contributed by atoms with Crippen LogP contribution >= 0.6 is 0 Å². The molecular weight excluding hydrogens is 420 g/mol. The van der Waals surface area contributed by atoms with Crippen molar-refractivity contribution in [2.45, 2.75) is 45.6 Å². The summed E-state index contributed by atoms with van der Waals surface area (Å²) >= 11 is 0. The summed E-state index contributed by atoms with van der Waals surface area (Å²) in [5.41, 5.74) is 6.38. The molecule has 3 heterocycles. The SMILES string of the molecule is Cc1nc(C(=O)N(C)[C@@H](C)CC[C@H](C)c2nc3c4cc(F)cc(F)c4nc(N)n3n2)co1. The van der Waals surface area contributed by atoms with Gasteiger partial charge in [0.2, 0.25) is 5.95 Å². The van der Waals surface area contributed by atoms with Crippen LogP contribution in [-0.4, -0.2) is 48.5 Å². The van der Waals surface area contributed by atoms with Gasteiger partial charge in [-0.05, 0) is 25.8 Å². The van der Waals surface area contributed by atoms with E-state index in [-0.39, 0.29) is 46.1 Å². The Balaban J connectivity index is 1.52. The first kappa shape index (κ1) is 21.6. The summed E-state index contributed by atoms with van der Waals surface area (Å²) in [6.07, 6.45) is 2.69. The summed E-state index contributed by atoms with van der Waals surface area (Å²) in [6.45, 7) is 5.56. The molecule has 2 atom stereocenters. The van der Waals surface area contributed by atoms with Crippen LogP contribution in [0.2, 0.25) is 0 Å². The molecule has 0 aliphatic heterocycles. The maximum absolute atomic E-state index is 14.1. The lowest BCUT2D eigenvalue weighted by Crippen LogP contribution is -2.35. The van der Waals surface area contributed by atoms with E-state index in [4.69, 9.17) is 10.2 Å². The fourth-order valence-electron chi connectivity index (χ4n) is 3.54. The third-order valence-corrected chi connectivity index (χ3v) is 5.61. The van der Waals surface area contributed by atoms with E-state index in [1.54, 1.807) is 18.9 Å². The van der Waals surface area contributed by atoms with E-state index in [1.807, 2.05) is 13.8 Å². The minimum atomic E-state index is -0.810. The van der Waals surface area contributed by atoms with Crippen molar-refractivity contribution in [1.82, 2.24) is 29.5 Å². The standard InChI is InChI=1S/C21H23F2N7O2/c1-10(5-6-11(2)29(4)20(31)16-9-32-12(3)25-16)18-27-19-14-7-13(22)8-15(23)17(14)26-21(24)30(19)28-18/h7-11H,5-6H2,1-4H3,(H2,24,26)/t10-,11-/m0/s1. The number of amides is 1. The number of fused-ring (bicyclic) bond motifs is 3. The van der Waals surface area contributed by atoms with Crippen LogP contribution in [0.3, 0.4) is 0 Å². The van der Waals surface area contributed by atoms with E-state index in [2.05, 4.69) is 20.1 Å². The van der Waals surface area contributed by atoms with Crippen LogP contribution < -0.4 is 5.73 Å². The molecule has 32 heavy (non-hydrogen) atoms. The molecule has 0 unspecified atom stereocenters. The number of aromatic nitrogens is 5. The fraction of sp³-hybridized carbons (Fsp3) is 0.381. The van der Waals surface area contributed by atoms with Crippen LogP contribution in [0.15, 0.2) is 22.8 Å². The molecule has 3 aromatic heterocycles. The van der Waals surface area contributed by atoms with Gasteiger partial charge in [0.25, 0.3) is 5.91 Å². The van der Waals surface area contributed by atoms with Gasteiger partial charge in [0, 0.05) is 32.0 Å². The summed E-state index contributed by atoms with van der Waals surface area (Å²) in [6, 6.07) is 1.84. The Morgan fingerprint density at radius 3 is 2.66 bits per heavy atom. The van der Waals surface area contributed by atoms with Gasteiger partial charge >= 0.3 is 0 Å². The van der Waals surface area contributed by atoms with E-state index in [9.17, 15) is 13.6 Å². The normalized spacial score (nSPS) is 13.6. The van der Waals surface area contributed by atoms with Crippen molar-refractivity contribution in [1.29, 1.82) is 0 Å². The molecule has 11 heteroatoms. The van der Waals surface area contributed by atoms with Gasteiger partial charge in [-0.1, -0.05) is 6.92 Å². The summed E-state index contributed by atoms with van der Waals surface area (Å²) in [5.74, 6) is -0.984. The molecule has 0 fully saturated rings. The van der Waals surface area contributed by atoms with Gasteiger partial charge < -0.3 is 15.1 Å². The van der Waals surface area contributed by atoms with Gasteiger partial charge in [0.05, 0.1) is 5.39 Å². The van der Waals surface area contributed by atoms with E-state index in [0.29, 0.717) is 24.6 Å². The number of rotatable bonds is 6.